The second-order valence-electron chi connectivity index (χ2n) is 2.31. The van der Waals surface area contributed by atoms with Crippen LogP contribution in [-0.4, -0.2) is 4.92 Å². The van der Waals surface area contributed by atoms with Crippen LogP contribution in [0.2, 0.25) is 10.0 Å². The summed E-state index contributed by atoms with van der Waals surface area (Å²) in [5.41, 5.74) is 0.499. The van der Waals surface area contributed by atoms with Crippen molar-refractivity contribution in [1.29, 1.82) is 0 Å². The third-order valence-corrected chi connectivity index (χ3v) is 2.16. The Morgan fingerprint density at radius 3 is 2.33 bits per heavy atom. The van der Waals surface area contributed by atoms with Gasteiger partial charge in [0.15, 0.2) is 0 Å². The Labute approximate surface area is 79.1 Å². The van der Waals surface area contributed by atoms with Gasteiger partial charge in [0.25, 0.3) is 5.69 Å². The van der Waals surface area contributed by atoms with E-state index in [1.165, 1.54) is 12.1 Å². The Morgan fingerprint density at radius 1 is 1.33 bits per heavy atom. The van der Waals surface area contributed by atoms with Crippen LogP contribution in [0.4, 0.5) is 5.69 Å². The van der Waals surface area contributed by atoms with E-state index in [2.05, 4.69) is 0 Å². The van der Waals surface area contributed by atoms with Crippen LogP contribution in [0.15, 0.2) is 12.1 Å². The molecule has 0 amide bonds. The van der Waals surface area contributed by atoms with Crippen LogP contribution in [0, 0.1) is 17.0 Å². The molecule has 64 valence electrons. The summed E-state index contributed by atoms with van der Waals surface area (Å²) in [5, 5.41) is 10.9. The molecule has 0 heterocycles. The maximum Gasteiger partial charge on any atom is 0.273 e. The number of rotatable bonds is 1. The monoisotopic (exact) mass is 205 g/mol. The molecule has 0 N–H and O–H groups in total. The summed E-state index contributed by atoms with van der Waals surface area (Å²) < 4.78 is 0. The van der Waals surface area contributed by atoms with Crippen LogP contribution < -0.4 is 0 Å². The molecule has 0 radical (unpaired) electrons. The molecule has 1 rings (SSSR count). The highest BCUT2D eigenvalue weighted by Gasteiger charge is 2.12. The zero-order valence-electron chi connectivity index (χ0n) is 6.17. The number of nitro groups is 1. The topological polar surface area (TPSA) is 43.1 Å². The molecular weight excluding hydrogens is 201 g/mol. The lowest BCUT2D eigenvalue weighted by molar-refractivity contribution is -0.385. The predicted octanol–water partition coefficient (Wildman–Crippen LogP) is 3.21. The molecule has 0 aliphatic rings. The van der Waals surface area contributed by atoms with Crippen LogP contribution in [0.1, 0.15) is 5.56 Å². The van der Waals surface area contributed by atoms with Crippen molar-refractivity contribution in [1.82, 2.24) is 0 Å². The van der Waals surface area contributed by atoms with E-state index in [4.69, 9.17) is 23.2 Å². The maximum absolute atomic E-state index is 10.4. The highest BCUT2D eigenvalue weighted by atomic mass is 35.5. The maximum atomic E-state index is 10.4. The van der Waals surface area contributed by atoms with E-state index in [-0.39, 0.29) is 10.7 Å². The van der Waals surface area contributed by atoms with Crippen molar-refractivity contribution in [2.75, 3.05) is 0 Å². The molecule has 0 aliphatic heterocycles. The zero-order chi connectivity index (χ0) is 9.30. The quantitative estimate of drug-likeness (QED) is 0.522. The number of halogens is 2. The molecule has 0 saturated carbocycles. The molecule has 0 aliphatic carbocycles. The van der Waals surface area contributed by atoms with Gasteiger partial charge in [0.05, 0.1) is 15.0 Å². The SMILES string of the molecule is Cc1cc(Cl)c(Cl)cc1[N+](=O)[O-]. The van der Waals surface area contributed by atoms with Gasteiger partial charge in [-0.3, -0.25) is 10.1 Å². The molecule has 0 aromatic heterocycles. The molecule has 12 heavy (non-hydrogen) atoms. The Kier molecular flexibility index (Phi) is 2.55. The molecular formula is C7H5Cl2NO2. The summed E-state index contributed by atoms with van der Waals surface area (Å²) in [4.78, 5) is 9.90. The van der Waals surface area contributed by atoms with Gasteiger partial charge in [-0.25, -0.2) is 0 Å². The van der Waals surface area contributed by atoms with Crippen molar-refractivity contribution in [2.24, 2.45) is 0 Å². The van der Waals surface area contributed by atoms with Crippen LogP contribution >= 0.6 is 23.2 Å². The van der Waals surface area contributed by atoms with Gasteiger partial charge >= 0.3 is 0 Å². The van der Waals surface area contributed by atoms with E-state index in [1.807, 2.05) is 0 Å². The van der Waals surface area contributed by atoms with Gasteiger partial charge < -0.3 is 0 Å². The first kappa shape index (κ1) is 9.29. The first-order chi connectivity index (χ1) is 5.52. The van der Waals surface area contributed by atoms with E-state index >= 15 is 0 Å². The zero-order valence-corrected chi connectivity index (χ0v) is 7.69. The summed E-state index contributed by atoms with van der Waals surface area (Å²) >= 11 is 11.2. The Morgan fingerprint density at radius 2 is 1.83 bits per heavy atom. The molecule has 1 aromatic carbocycles. The Hall–Kier alpha value is -0.800. The fourth-order valence-electron chi connectivity index (χ4n) is 0.832. The van der Waals surface area contributed by atoms with E-state index in [9.17, 15) is 10.1 Å². The lowest BCUT2D eigenvalue weighted by Crippen LogP contribution is -1.91. The number of hydrogen-bond acceptors (Lipinski definition) is 2. The Balaban J connectivity index is 3.33. The number of nitrogens with zero attached hydrogens (tertiary/aromatic N) is 1. The predicted molar refractivity (Wildman–Crippen MR) is 47.9 cm³/mol. The second kappa shape index (κ2) is 3.29. The summed E-state index contributed by atoms with van der Waals surface area (Å²) in [6.07, 6.45) is 0. The van der Waals surface area contributed by atoms with Crippen LogP contribution in [0.25, 0.3) is 0 Å². The lowest BCUT2D eigenvalue weighted by Gasteiger charge is -1.98. The van der Waals surface area contributed by atoms with E-state index in [0.29, 0.717) is 10.6 Å². The highest BCUT2D eigenvalue weighted by molar-refractivity contribution is 6.42. The molecule has 0 atom stereocenters. The second-order valence-corrected chi connectivity index (χ2v) is 3.12. The molecule has 0 bridgehead atoms. The van der Waals surface area contributed by atoms with Crippen LogP contribution in [-0.2, 0) is 0 Å². The average molecular weight is 206 g/mol. The molecule has 0 unspecified atom stereocenters. The van der Waals surface area contributed by atoms with E-state index < -0.39 is 4.92 Å². The van der Waals surface area contributed by atoms with Gasteiger partial charge in [0, 0.05) is 11.6 Å². The normalized spacial score (nSPS) is 9.92. The first-order valence-corrected chi connectivity index (χ1v) is 3.88. The fraction of sp³-hybridized carbons (Fsp3) is 0.143. The van der Waals surface area contributed by atoms with Crippen molar-refractivity contribution in [2.45, 2.75) is 6.92 Å². The fourth-order valence-corrected chi connectivity index (χ4v) is 1.21. The first-order valence-electron chi connectivity index (χ1n) is 3.12. The number of nitro benzene ring substituents is 1. The summed E-state index contributed by atoms with van der Waals surface area (Å²) in [7, 11) is 0. The van der Waals surface area contributed by atoms with E-state index in [1.54, 1.807) is 6.92 Å². The molecule has 5 heteroatoms. The molecule has 0 saturated heterocycles. The van der Waals surface area contributed by atoms with Crippen molar-refractivity contribution in [3.8, 4) is 0 Å². The van der Waals surface area contributed by atoms with Gasteiger partial charge in [-0.15, -0.1) is 0 Å². The van der Waals surface area contributed by atoms with Crippen molar-refractivity contribution >= 4 is 28.9 Å². The highest BCUT2D eigenvalue weighted by Crippen LogP contribution is 2.29. The lowest BCUT2D eigenvalue weighted by atomic mass is 10.2. The molecule has 0 fully saturated rings. The number of benzene rings is 1. The number of hydrogen-bond donors (Lipinski definition) is 0. The van der Waals surface area contributed by atoms with E-state index in [0.717, 1.165) is 0 Å². The minimum Gasteiger partial charge on any atom is -0.258 e. The van der Waals surface area contributed by atoms with Crippen molar-refractivity contribution in [3.05, 3.63) is 37.9 Å². The molecule has 3 nitrogen and oxygen atoms in total. The molecule has 1 aromatic rings. The minimum absolute atomic E-state index is 0.00981. The van der Waals surface area contributed by atoms with Gasteiger partial charge in [-0.2, -0.15) is 0 Å². The average Bonchev–Trinajstić information content (AvgIpc) is 1.96. The van der Waals surface area contributed by atoms with Crippen molar-refractivity contribution < 1.29 is 4.92 Å². The van der Waals surface area contributed by atoms with Crippen LogP contribution in [0.5, 0.6) is 0 Å². The number of aryl methyl sites for hydroxylation is 1. The Bertz CT molecular complexity index is 338. The molecule has 0 spiro atoms. The third-order valence-electron chi connectivity index (χ3n) is 1.44. The van der Waals surface area contributed by atoms with Gasteiger partial charge in [0.2, 0.25) is 0 Å². The summed E-state index contributed by atoms with van der Waals surface area (Å²) in [6.45, 7) is 1.61. The largest absolute Gasteiger partial charge is 0.273 e. The minimum atomic E-state index is -0.489. The smallest absolute Gasteiger partial charge is 0.258 e. The third kappa shape index (κ3) is 1.68. The van der Waals surface area contributed by atoms with Crippen molar-refractivity contribution in [3.63, 3.8) is 0 Å². The van der Waals surface area contributed by atoms with Gasteiger partial charge in [0.1, 0.15) is 0 Å². The van der Waals surface area contributed by atoms with Gasteiger partial charge in [-0.05, 0) is 13.0 Å². The van der Waals surface area contributed by atoms with Gasteiger partial charge in [-0.1, -0.05) is 23.2 Å². The standard InChI is InChI=1S/C7H5Cl2NO2/c1-4-2-5(8)6(9)3-7(4)10(11)12/h2-3H,1H3. The summed E-state index contributed by atoms with van der Waals surface area (Å²) in [6, 6.07) is 2.72. The van der Waals surface area contributed by atoms with Crippen LogP contribution in [0.3, 0.4) is 0 Å². The summed E-state index contributed by atoms with van der Waals surface area (Å²) in [5.74, 6) is 0.